The van der Waals surface area contributed by atoms with Crippen molar-refractivity contribution >= 4 is 17.1 Å². The van der Waals surface area contributed by atoms with Gasteiger partial charge >= 0.3 is 6.18 Å². The molecule has 6 nitrogen and oxygen atoms in total. The van der Waals surface area contributed by atoms with Crippen LogP contribution in [0, 0.1) is 5.92 Å². The molecular formula is C16H19F3N4O2. The van der Waals surface area contributed by atoms with E-state index < -0.39 is 24.7 Å². The van der Waals surface area contributed by atoms with Crippen molar-refractivity contribution in [3.8, 4) is 0 Å². The van der Waals surface area contributed by atoms with Gasteiger partial charge in [0.05, 0.1) is 25.0 Å². The van der Waals surface area contributed by atoms with Crippen molar-refractivity contribution in [3.05, 3.63) is 24.2 Å². The van der Waals surface area contributed by atoms with Gasteiger partial charge in [-0.2, -0.15) is 13.2 Å². The van der Waals surface area contributed by atoms with Crippen LogP contribution in [-0.4, -0.2) is 57.3 Å². The van der Waals surface area contributed by atoms with E-state index in [1.54, 1.807) is 12.4 Å². The zero-order chi connectivity index (χ0) is 18.2. The molecule has 0 aromatic carbocycles. The minimum absolute atomic E-state index is 0.116. The number of halogens is 3. The summed E-state index contributed by atoms with van der Waals surface area (Å²) in [6.45, 7) is 4.34. The van der Waals surface area contributed by atoms with Gasteiger partial charge in [0.1, 0.15) is 5.52 Å². The predicted molar refractivity (Wildman–Crippen MR) is 84.1 cm³/mol. The summed E-state index contributed by atoms with van der Waals surface area (Å²) < 4.78 is 45.0. The molecule has 0 N–H and O–H groups in total. The van der Waals surface area contributed by atoms with Crippen LogP contribution in [0.3, 0.4) is 0 Å². The number of amides is 1. The number of fused-ring (bicyclic) bond motifs is 1. The van der Waals surface area contributed by atoms with Gasteiger partial charge in [0, 0.05) is 19.3 Å². The number of hydrogen-bond donors (Lipinski definition) is 0. The van der Waals surface area contributed by atoms with Gasteiger partial charge in [-0.25, -0.2) is 9.97 Å². The predicted octanol–water partition coefficient (Wildman–Crippen LogP) is 2.49. The largest absolute Gasteiger partial charge is 0.416 e. The topological polar surface area (TPSA) is 60.2 Å². The van der Waals surface area contributed by atoms with Crippen LogP contribution in [0.4, 0.5) is 13.2 Å². The van der Waals surface area contributed by atoms with Crippen molar-refractivity contribution in [1.82, 2.24) is 19.4 Å². The van der Waals surface area contributed by atoms with Crippen LogP contribution >= 0.6 is 0 Å². The lowest BCUT2D eigenvalue weighted by Gasteiger charge is -2.33. The Morgan fingerprint density at radius 3 is 2.84 bits per heavy atom. The number of carbonyl (C=O) groups is 1. The zero-order valence-electron chi connectivity index (χ0n) is 14.0. The van der Waals surface area contributed by atoms with E-state index in [1.807, 2.05) is 4.57 Å². The van der Waals surface area contributed by atoms with Crippen molar-refractivity contribution in [2.24, 2.45) is 5.92 Å². The van der Waals surface area contributed by atoms with Crippen molar-refractivity contribution in [1.29, 1.82) is 0 Å². The number of alkyl halides is 3. The number of carbonyl (C=O) groups excluding carboxylic acids is 1. The Morgan fingerprint density at radius 1 is 1.40 bits per heavy atom. The van der Waals surface area contributed by atoms with Crippen LogP contribution in [0.5, 0.6) is 0 Å². The number of pyridine rings is 1. The van der Waals surface area contributed by atoms with Crippen molar-refractivity contribution < 1.29 is 22.7 Å². The third-order valence-electron chi connectivity index (χ3n) is 3.98. The summed E-state index contributed by atoms with van der Waals surface area (Å²) >= 11 is 0. The maximum Gasteiger partial charge on any atom is 0.416 e. The second-order valence-corrected chi connectivity index (χ2v) is 6.51. The SMILES string of the molecule is CC(C)Cn1cnc2cc(C(=O)N3CCOC(C(F)(F)F)C3)cnc21. The van der Waals surface area contributed by atoms with Gasteiger partial charge in [0.15, 0.2) is 11.8 Å². The Labute approximate surface area is 142 Å². The fourth-order valence-corrected chi connectivity index (χ4v) is 2.81. The molecule has 3 rings (SSSR count). The van der Waals surface area contributed by atoms with Crippen molar-refractivity contribution in [3.63, 3.8) is 0 Å². The van der Waals surface area contributed by atoms with Crippen molar-refractivity contribution in [2.45, 2.75) is 32.7 Å². The summed E-state index contributed by atoms with van der Waals surface area (Å²) in [6.07, 6.45) is -3.40. The molecule has 1 atom stereocenters. The molecule has 136 valence electrons. The summed E-state index contributed by atoms with van der Waals surface area (Å²) in [6, 6.07) is 1.57. The Bertz CT molecular complexity index is 772. The first-order chi connectivity index (χ1) is 11.8. The standard InChI is InChI=1S/C16H19F3N4O2/c1-10(2)7-23-9-21-12-5-11(6-20-14(12)23)15(24)22-3-4-25-13(8-22)16(17,18)19/h5-6,9-10,13H,3-4,7-8H2,1-2H3. The number of ether oxygens (including phenoxy) is 1. The Hall–Kier alpha value is -2.16. The molecule has 0 saturated carbocycles. The van der Waals surface area contributed by atoms with E-state index in [2.05, 4.69) is 23.8 Å². The molecule has 1 aliphatic heterocycles. The van der Waals surface area contributed by atoms with Crippen LogP contribution in [0.15, 0.2) is 18.6 Å². The van der Waals surface area contributed by atoms with Gasteiger partial charge in [0.2, 0.25) is 0 Å². The Kier molecular flexibility index (Phi) is 4.68. The third-order valence-corrected chi connectivity index (χ3v) is 3.98. The smallest absolute Gasteiger partial charge is 0.365 e. The average Bonchev–Trinajstić information content (AvgIpc) is 2.95. The molecule has 1 aliphatic rings. The highest BCUT2D eigenvalue weighted by atomic mass is 19.4. The molecule has 0 bridgehead atoms. The van der Waals surface area contributed by atoms with Gasteiger partial charge in [0.25, 0.3) is 5.91 Å². The van der Waals surface area contributed by atoms with Gasteiger partial charge in [-0.3, -0.25) is 4.79 Å². The first-order valence-electron chi connectivity index (χ1n) is 8.04. The Morgan fingerprint density at radius 2 is 2.16 bits per heavy atom. The van der Waals surface area contributed by atoms with E-state index in [1.165, 1.54) is 6.20 Å². The lowest BCUT2D eigenvalue weighted by atomic mass is 10.2. The highest BCUT2D eigenvalue weighted by molar-refractivity contribution is 5.96. The average molecular weight is 356 g/mol. The minimum Gasteiger partial charge on any atom is -0.365 e. The number of aromatic nitrogens is 3. The van der Waals surface area contributed by atoms with Crippen LogP contribution in [0.1, 0.15) is 24.2 Å². The first-order valence-corrected chi connectivity index (χ1v) is 8.04. The summed E-state index contributed by atoms with van der Waals surface area (Å²) in [5.74, 6) is -0.0847. The maximum atomic E-state index is 12.8. The molecule has 1 saturated heterocycles. The fraction of sp³-hybridized carbons (Fsp3) is 0.562. The lowest BCUT2D eigenvalue weighted by Crippen LogP contribution is -2.51. The third kappa shape index (κ3) is 3.76. The van der Waals surface area contributed by atoms with E-state index in [4.69, 9.17) is 4.74 Å². The number of rotatable bonds is 3. The maximum absolute atomic E-state index is 12.8. The van der Waals surface area contributed by atoms with Crippen LogP contribution < -0.4 is 0 Å². The molecule has 0 spiro atoms. The molecule has 9 heteroatoms. The molecular weight excluding hydrogens is 337 g/mol. The number of morpholine rings is 1. The van der Waals surface area contributed by atoms with E-state index in [0.29, 0.717) is 17.1 Å². The zero-order valence-corrected chi connectivity index (χ0v) is 14.0. The monoisotopic (exact) mass is 356 g/mol. The fourth-order valence-electron chi connectivity index (χ4n) is 2.81. The lowest BCUT2D eigenvalue weighted by molar-refractivity contribution is -0.233. The molecule has 3 heterocycles. The summed E-state index contributed by atoms with van der Waals surface area (Å²) in [5, 5.41) is 0. The summed E-state index contributed by atoms with van der Waals surface area (Å²) in [5.41, 5.74) is 1.43. The highest BCUT2D eigenvalue weighted by Crippen LogP contribution is 2.26. The molecule has 0 aliphatic carbocycles. The van der Waals surface area contributed by atoms with E-state index >= 15 is 0 Å². The van der Waals surface area contributed by atoms with E-state index in [9.17, 15) is 18.0 Å². The van der Waals surface area contributed by atoms with Gasteiger partial charge < -0.3 is 14.2 Å². The van der Waals surface area contributed by atoms with Crippen LogP contribution in [0.25, 0.3) is 11.2 Å². The quantitative estimate of drug-likeness (QED) is 0.848. The molecule has 25 heavy (non-hydrogen) atoms. The molecule has 1 fully saturated rings. The number of imidazole rings is 1. The highest BCUT2D eigenvalue weighted by Gasteiger charge is 2.44. The van der Waals surface area contributed by atoms with Crippen LogP contribution in [0.2, 0.25) is 0 Å². The van der Waals surface area contributed by atoms with Crippen molar-refractivity contribution in [2.75, 3.05) is 19.7 Å². The Balaban J connectivity index is 1.80. The number of nitrogens with zero attached hydrogens (tertiary/aromatic N) is 4. The molecule has 0 radical (unpaired) electrons. The van der Waals surface area contributed by atoms with Crippen LogP contribution in [-0.2, 0) is 11.3 Å². The normalized spacial score (nSPS) is 19.0. The van der Waals surface area contributed by atoms with Gasteiger partial charge in [-0.1, -0.05) is 13.8 Å². The second kappa shape index (κ2) is 6.62. The molecule has 2 aromatic heterocycles. The minimum atomic E-state index is -4.49. The summed E-state index contributed by atoms with van der Waals surface area (Å²) in [4.78, 5) is 22.2. The molecule has 1 unspecified atom stereocenters. The van der Waals surface area contributed by atoms with Gasteiger partial charge in [-0.15, -0.1) is 0 Å². The van der Waals surface area contributed by atoms with Gasteiger partial charge in [-0.05, 0) is 12.0 Å². The van der Waals surface area contributed by atoms with E-state index in [0.717, 1.165) is 11.4 Å². The summed E-state index contributed by atoms with van der Waals surface area (Å²) in [7, 11) is 0. The molecule has 1 amide bonds. The second-order valence-electron chi connectivity index (χ2n) is 6.51. The van der Waals surface area contributed by atoms with E-state index in [-0.39, 0.29) is 18.7 Å². The number of hydrogen-bond acceptors (Lipinski definition) is 4. The first kappa shape index (κ1) is 17.7. The molecule has 2 aromatic rings.